The van der Waals surface area contributed by atoms with Gasteiger partial charge in [-0.1, -0.05) is 6.07 Å². The number of amides is 2. The lowest BCUT2D eigenvalue weighted by molar-refractivity contribution is -0.131. The third-order valence-corrected chi connectivity index (χ3v) is 4.09. The van der Waals surface area contributed by atoms with E-state index in [4.69, 9.17) is 0 Å². The predicted octanol–water partition coefficient (Wildman–Crippen LogP) is 1.83. The number of carbonyl (C=O) groups is 2. The normalized spacial score (nSPS) is 23.5. The Morgan fingerprint density at radius 3 is 2.68 bits per heavy atom. The van der Waals surface area contributed by atoms with Gasteiger partial charge in [0.05, 0.1) is 5.69 Å². The molecule has 0 aromatic heterocycles. The van der Waals surface area contributed by atoms with E-state index in [0.717, 1.165) is 12.8 Å². The van der Waals surface area contributed by atoms with Gasteiger partial charge < -0.3 is 5.32 Å². The molecule has 2 fully saturated rings. The van der Waals surface area contributed by atoms with Gasteiger partial charge in [0, 0.05) is 4.47 Å². The molecule has 0 bridgehead atoms. The molecule has 100 valence electrons. The molecule has 1 atom stereocenters. The van der Waals surface area contributed by atoms with Crippen molar-refractivity contribution in [1.82, 2.24) is 5.32 Å². The summed E-state index contributed by atoms with van der Waals surface area (Å²) in [4.78, 5) is 25.3. The SMILES string of the molecule is O=C1CN(c2c(F)cccc2Br)C(=O)C(C2CC2)N1. The average molecular weight is 327 g/mol. The minimum absolute atomic E-state index is 0.137. The number of hydrogen-bond donors (Lipinski definition) is 1. The molecule has 0 spiro atoms. The lowest BCUT2D eigenvalue weighted by Crippen LogP contribution is -2.59. The van der Waals surface area contributed by atoms with Crippen LogP contribution in [-0.2, 0) is 9.59 Å². The van der Waals surface area contributed by atoms with Crippen LogP contribution in [0.25, 0.3) is 0 Å². The van der Waals surface area contributed by atoms with Crippen LogP contribution in [0.3, 0.4) is 0 Å². The van der Waals surface area contributed by atoms with Gasteiger partial charge in [-0.2, -0.15) is 0 Å². The van der Waals surface area contributed by atoms with Gasteiger partial charge in [0.25, 0.3) is 0 Å². The maximum Gasteiger partial charge on any atom is 0.250 e. The highest BCUT2D eigenvalue weighted by atomic mass is 79.9. The third kappa shape index (κ3) is 2.25. The quantitative estimate of drug-likeness (QED) is 0.901. The molecule has 2 amide bonds. The molecule has 1 heterocycles. The Morgan fingerprint density at radius 1 is 1.32 bits per heavy atom. The van der Waals surface area contributed by atoms with Crippen molar-refractivity contribution in [3.05, 3.63) is 28.5 Å². The number of nitrogens with zero attached hydrogens (tertiary/aromatic N) is 1. The highest BCUT2D eigenvalue weighted by Gasteiger charge is 2.43. The van der Waals surface area contributed by atoms with Gasteiger partial charge in [0.15, 0.2) is 0 Å². The zero-order valence-corrected chi connectivity index (χ0v) is 11.6. The van der Waals surface area contributed by atoms with E-state index in [-0.39, 0.29) is 30.0 Å². The van der Waals surface area contributed by atoms with Crippen molar-refractivity contribution in [3.8, 4) is 0 Å². The Hall–Kier alpha value is -1.43. The number of piperazine rings is 1. The van der Waals surface area contributed by atoms with E-state index in [0.29, 0.717) is 4.47 Å². The van der Waals surface area contributed by atoms with Crippen molar-refractivity contribution >= 4 is 33.4 Å². The van der Waals surface area contributed by atoms with Crippen LogP contribution in [0.5, 0.6) is 0 Å². The summed E-state index contributed by atoms with van der Waals surface area (Å²) < 4.78 is 14.4. The Labute approximate surface area is 118 Å². The first-order chi connectivity index (χ1) is 9.08. The van der Waals surface area contributed by atoms with Crippen LogP contribution in [0, 0.1) is 11.7 Å². The second-order valence-corrected chi connectivity index (χ2v) is 5.73. The van der Waals surface area contributed by atoms with Crippen LogP contribution in [0.1, 0.15) is 12.8 Å². The lowest BCUT2D eigenvalue weighted by Gasteiger charge is -2.33. The number of halogens is 2. The molecular weight excluding hydrogens is 315 g/mol. The standard InChI is InChI=1S/C13H12BrFN2O2/c14-8-2-1-3-9(15)12(8)17-6-10(18)16-11(13(17)19)7-4-5-7/h1-3,7,11H,4-6H2,(H,16,18). The van der Waals surface area contributed by atoms with E-state index in [1.54, 1.807) is 12.1 Å². The van der Waals surface area contributed by atoms with Crippen molar-refractivity contribution in [1.29, 1.82) is 0 Å². The first-order valence-corrected chi connectivity index (χ1v) is 6.92. The van der Waals surface area contributed by atoms with Crippen molar-refractivity contribution in [2.75, 3.05) is 11.4 Å². The van der Waals surface area contributed by atoms with Crippen LogP contribution in [-0.4, -0.2) is 24.4 Å². The fraction of sp³-hybridized carbons (Fsp3) is 0.385. The number of nitrogens with one attached hydrogen (secondary N) is 1. The summed E-state index contributed by atoms with van der Waals surface area (Å²) in [5.74, 6) is -0.781. The van der Waals surface area contributed by atoms with Crippen LogP contribution in [0.2, 0.25) is 0 Å². The molecule has 2 aliphatic rings. The van der Waals surface area contributed by atoms with E-state index in [9.17, 15) is 14.0 Å². The number of para-hydroxylation sites is 1. The van der Waals surface area contributed by atoms with Gasteiger partial charge >= 0.3 is 0 Å². The predicted molar refractivity (Wildman–Crippen MR) is 71.1 cm³/mol. The van der Waals surface area contributed by atoms with Gasteiger partial charge in [0.1, 0.15) is 18.4 Å². The number of rotatable bonds is 2. The lowest BCUT2D eigenvalue weighted by atomic mass is 10.1. The molecule has 1 aliphatic heterocycles. The van der Waals surface area contributed by atoms with Crippen molar-refractivity contribution < 1.29 is 14.0 Å². The number of benzene rings is 1. The molecule has 3 rings (SSSR count). The van der Waals surface area contributed by atoms with E-state index < -0.39 is 11.9 Å². The van der Waals surface area contributed by atoms with Crippen LogP contribution in [0.15, 0.2) is 22.7 Å². The molecule has 6 heteroatoms. The highest BCUT2D eigenvalue weighted by Crippen LogP contribution is 2.37. The van der Waals surface area contributed by atoms with Crippen molar-refractivity contribution in [2.24, 2.45) is 5.92 Å². The highest BCUT2D eigenvalue weighted by molar-refractivity contribution is 9.10. The molecule has 1 aromatic carbocycles. The van der Waals surface area contributed by atoms with E-state index >= 15 is 0 Å². The minimum Gasteiger partial charge on any atom is -0.342 e. The number of anilines is 1. The van der Waals surface area contributed by atoms with Gasteiger partial charge in [-0.15, -0.1) is 0 Å². The molecule has 4 nitrogen and oxygen atoms in total. The van der Waals surface area contributed by atoms with Crippen LogP contribution in [0.4, 0.5) is 10.1 Å². The zero-order valence-electron chi connectivity index (χ0n) is 10.0. The molecule has 1 aliphatic carbocycles. The molecular formula is C13H12BrFN2O2. The topological polar surface area (TPSA) is 49.4 Å². The van der Waals surface area contributed by atoms with Gasteiger partial charge in [-0.25, -0.2) is 4.39 Å². The summed E-state index contributed by atoms with van der Waals surface area (Å²) in [6.45, 7) is -0.137. The summed E-state index contributed by atoms with van der Waals surface area (Å²) in [6, 6.07) is 3.99. The van der Waals surface area contributed by atoms with Gasteiger partial charge in [0.2, 0.25) is 11.8 Å². The minimum atomic E-state index is -0.507. The summed E-state index contributed by atoms with van der Waals surface area (Å²) in [7, 11) is 0. The Kier molecular flexibility index (Phi) is 3.05. The smallest absolute Gasteiger partial charge is 0.250 e. The molecule has 1 aromatic rings. The van der Waals surface area contributed by atoms with E-state index in [1.807, 2.05) is 0 Å². The summed E-state index contributed by atoms with van der Waals surface area (Å²) in [5.41, 5.74) is 0.146. The van der Waals surface area contributed by atoms with E-state index in [1.165, 1.54) is 11.0 Å². The number of carbonyl (C=O) groups excluding carboxylic acids is 2. The molecule has 1 N–H and O–H groups in total. The zero-order chi connectivity index (χ0) is 13.6. The molecule has 1 unspecified atom stereocenters. The monoisotopic (exact) mass is 326 g/mol. The fourth-order valence-electron chi connectivity index (χ4n) is 2.36. The van der Waals surface area contributed by atoms with Gasteiger partial charge in [-0.3, -0.25) is 14.5 Å². The summed E-state index contributed by atoms with van der Waals surface area (Å²) in [6.07, 6.45) is 1.87. The summed E-state index contributed by atoms with van der Waals surface area (Å²) >= 11 is 3.24. The molecule has 1 saturated carbocycles. The first kappa shape index (κ1) is 12.6. The third-order valence-electron chi connectivity index (χ3n) is 3.45. The second-order valence-electron chi connectivity index (χ2n) is 4.88. The van der Waals surface area contributed by atoms with Crippen LogP contribution >= 0.6 is 15.9 Å². The number of hydrogen-bond acceptors (Lipinski definition) is 2. The average Bonchev–Trinajstić information content (AvgIpc) is 3.17. The van der Waals surface area contributed by atoms with Crippen molar-refractivity contribution in [3.63, 3.8) is 0 Å². The van der Waals surface area contributed by atoms with E-state index in [2.05, 4.69) is 21.2 Å². The molecule has 0 radical (unpaired) electrons. The van der Waals surface area contributed by atoms with Crippen LogP contribution < -0.4 is 10.2 Å². The first-order valence-electron chi connectivity index (χ1n) is 6.12. The molecule has 19 heavy (non-hydrogen) atoms. The maximum atomic E-state index is 13.9. The fourth-order valence-corrected chi connectivity index (χ4v) is 2.91. The Morgan fingerprint density at radius 2 is 2.05 bits per heavy atom. The Balaban J connectivity index is 1.98. The Bertz CT molecular complexity index is 539. The largest absolute Gasteiger partial charge is 0.342 e. The van der Waals surface area contributed by atoms with Crippen molar-refractivity contribution in [2.45, 2.75) is 18.9 Å². The molecule has 1 saturated heterocycles. The van der Waals surface area contributed by atoms with Gasteiger partial charge in [-0.05, 0) is 46.8 Å². The summed E-state index contributed by atoms with van der Waals surface area (Å²) in [5, 5.41) is 2.70. The maximum absolute atomic E-state index is 13.9. The second kappa shape index (κ2) is 4.59.